The third kappa shape index (κ3) is 3.63. The molecule has 1 aliphatic carbocycles. The number of alkyl halides is 3. The van der Waals surface area contributed by atoms with Crippen LogP contribution in [0.4, 0.5) is 13.2 Å². The average molecular weight is 239 g/mol. The summed E-state index contributed by atoms with van der Waals surface area (Å²) in [5, 5.41) is 3.23. The van der Waals surface area contributed by atoms with Gasteiger partial charge in [-0.1, -0.05) is 20.8 Å². The summed E-state index contributed by atoms with van der Waals surface area (Å²) < 4.78 is 41.2. The van der Waals surface area contributed by atoms with E-state index in [1.165, 1.54) is 0 Å². The molecule has 1 fully saturated rings. The standard InChI is InChI=1S/C11H20F3NO/c1-4-15-9-8(5-6-10(9,2)3)16-7-11(12,13)14/h8-9,15H,4-7H2,1-3H3. The van der Waals surface area contributed by atoms with E-state index in [4.69, 9.17) is 4.74 Å². The van der Waals surface area contributed by atoms with Crippen molar-refractivity contribution in [2.75, 3.05) is 13.2 Å². The van der Waals surface area contributed by atoms with Crippen molar-refractivity contribution < 1.29 is 17.9 Å². The van der Waals surface area contributed by atoms with E-state index in [9.17, 15) is 13.2 Å². The van der Waals surface area contributed by atoms with Gasteiger partial charge in [-0.2, -0.15) is 13.2 Å². The smallest absolute Gasteiger partial charge is 0.367 e. The van der Waals surface area contributed by atoms with Crippen molar-refractivity contribution >= 4 is 0 Å². The second-order valence-corrected chi connectivity index (χ2v) is 5.03. The highest BCUT2D eigenvalue weighted by Crippen LogP contribution is 2.39. The van der Waals surface area contributed by atoms with Gasteiger partial charge in [0.2, 0.25) is 0 Å². The van der Waals surface area contributed by atoms with Gasteiger partial charge in [0.1, 0.15) is 6.61 Å². The molecular weight excluding hydrogens is 219 g/mol. The lowest BCUT2D eigenvalue weighted by Crippen LogP contribution is -2.46. The molecule has 0 aromatic carbocycles. The molecule has 5 heteroatoms. The third-order valence-electron chi connectivity index (χ3n) is 3.17. The van der Waals surface area contributed by atoms with E-state index in [-0.39, 0.29) is 17.6 Å². The van der Waals surface area contributed by atoms with Gasteiger partial charge in [-0.05, 0) is 24.8 Å². The summed E-state index contributed by atoms with van der Waals surface area (Å²) in [5.41, 5.74) is 0.00623. The lowest BCUT2D eigenvalue weighted by molar-refractivity contribution is -0.187. The molecule has 2 unspecified atom stereocenters. The Kier molecular flexibility index (Phi) is 4.23. The summed E-state index contributed by atoms with van der Waals surface area (Å²) in [4.78, 5) is 0. The fraction of sp³-hybridized carbons (Fsp3) is 1.00. The van der Waals surface area contributed by atoms with E-state index in [1.54, 1.807) is 0 Å². The van der Waals surface area contributed by atoms with Gasteiger partial charge in [0.05, 0.1) is 6.10 Å². The normalized spacial score (nSPS) is 29.6. The Balaban J connectivity index is 2.53. The summed E-state index contributed by atoms with van der Waals surface area (Å²) in [7, 11) is 0. The van der Waals surface area contributed by atoms with E-state index in [1.807, 2.05) is 6.92 Å². The number of halogens is 3. The molecule has 96 valence electrons. The van der Waals surface area contributed by atoms with Crippen molar-refractivity contribution in [2.24, 2.45) is 5.41 Å². The molecule has 0 aromatic rings. The summed E-state index contributed by atoms with van der Waals surface area (Å²) >= 11 is 0. The highest BCUT2D eigenvalue weighted by molar-refractivity contribution is 4.97. The number of nitrogens with one attached hydrogen (secondary N) is 1. The maximum atomic E-state index is 12.1. The largest absolute Gasteiger partial charge is 0.411 e. The van der Waals surface area contributed by atoms with Crippen LogP contribution in [0.3, 0.4) is 0 Å². The van der Waals surface area contributed by atoms with Crippen LogP contribution in [0, 0.1) is 5.41 Å². The van der Waals surface area contributed by atoms with Crippen LogP contribution in [0.5, 0.6) is 0 Å². The molecule has 0 amide bonds. The van der Waals surface area contributed by atoms with Crippen LogP contribution in [-0.2, 0) is 4.74 Å². The molecule has 0 heterocycles. The average Bonchev–Trinajstić information content (AvgIpc) is 2.40. The van der Waals surface area contributed by atoms with Crippen LogP contribution in [0.2, 0.25) is 0 Å². The Morgan fingerprint density at radius 1 is 1.38 bits per heavy atom. The summed E-state index contributed by atoms with van der Waals surface area (Å²) in [6, 6.07) is 0.0137. The van der Waals surface area contributed by atoms with Crippen molar-refractivity contribution in [3.63, 3.8) is 0 Å². The predicted octanol–water partition coefficient (Wildman–Crippen LogP) is 2.73. The Morgan fingerprint density at radius 2 is 2.00 bits per heavy atom. The monoisotopic (exact) mass is 239 g/mol. The first-order valence-corrected chi connectivity index (χ1v) is 5.68. The van der Waals surface area contributed by atoms with Crippen molar-refractivity contribution in [3.05, 3.63) is 0 Å². The summed E-state index contributed by atoms with van der Waals surface area (Å²) in [6.07, 6.45) is -2.96. The van der Waals surface area contributed by atoms with E-state index in [0.29, 0.717) is 6.42 Å². The molecule has 0 spiro atoms. The fourth-order valence-electron chi connectivity index (χ4n) is 2.35. The van der Waals surface area contributed by atoms with Gasteiger partial charge in [0.25, 0.3) is 0 Å². The second-order valence-electron chi connectivity index (χ2n) is 5.03. The zero-order valence-electron chi connectivity index (χ0n) is 10.0. The molecular formula is C11H20F3NO. The quantitative estimate of drug-likeness (QED) is 0.814. The topological polar surface area (TPSA) is 21.3 Å². The lowest BCUT2D eigenvalue weighted by Gasteiger charge is -2.31. The number of hydrogen-bond acceptors (Lipinski definition) is 2. The Bertz CT molecular complexity index is 228. The fourth-order valence-corrected chi connectivity index (χ4v) is 2.35. The second kappa shape index (κ2) is 4.92. The maximum Gasteiger partial charge on any atom is 0.411 e. The van der Waals surface area contributed by atoms with Gasteiger partial charge in [0.15, 0.2) is 0 Å². The molecule has 2 atom stereocenters. The van der Waals surface area contributed by atoms with Crippen LogP contribution in [-0.4, -0.2) is 31.5 Å². The minimum absolute atomic E-state index is 0.00623. The highest BCUT2D eigenvalue weighted by atomic mass is 19.4. The Hall–Kier alpha value is -0.290. The van der Waals surface area contributed by atoms with Gasteiger partial charge in [-0.25, -0.2) is 0 Å². The maximum absolute atomic E-state index is 12.1. The first-order chi connectivity index (χ1) is 7.26. The summed E-state index contributed by atoms with van der Waals surface area (Å²) in [6.45, 7) is 5.69. The Morgan fingerprint density at radius 3 is 2.50 bits per heavy atom. The van der Waals surface area contributed by atoms with E-state index in [0.717, 1.165) is 13.0 Å². The molecule has 0 radical (unpaired) electrons. The van der Waals surface area contributed by atoms with Crippen LogP contribution >= 0.6 is 0 Å². The third-order valence-corrected chi connectivity index (χ3v) is 3.17. The molecule has 16 heavy (non-hydrogen) atoms. The SMILES string of the molecule is CCNC1C(OCC(F)(F)F)CCC1(C)C. The zero-order valence-corrected chi connectivity index (χ0v) is 10.0. The molecule has 1 rings (SSSR count). The Labute approximate surface area is 94.5 Å². The minimum atomic E-state index is -4.23. The highest BCUT2D eigenvalue weighted by Gasteiger charge is 2.43. The molecule has 0 bridgehead atoms. The van der Waals surface area contributed by atoms with E-state index in [2.05, 4.69) is 19.2 Å². The van der Waals surface area contributed by atoms with Crippen molar-refractivity contribution in [1.82, 2.24) is 5.32 Å². The van der Waals surface area contributed by atoms with Gasteiger partial charge >= 0.3 is 6.18 Å². The molecule has 1 saturated carbocycles. The lowest BCUT2D eigenvalue weighted by atomic mass is 9.87. The first kappa shape index (κ1) is 13.8. The first-order valence-electron chi connectivity index (χ1n) is 5.68. The van der Waals surface area contributed by atoms with E-state index >= 15 is 0 Å². The predicted molar refractivity (Wildman–Crippen MR) is 56.3 cm³/mol. The molecule has 0 aromatic heterocycles. The van der Waals surface area contributed by atoms with E-state index < -0.39 is 12.8 Å². The van der Waals surface area contributed by atoms with Crippen LogP contribution < -0.4 is 5.32 Å². The molecule has 1 aliphatic rings. The number of ether oxygens (including phenoxy) is 1. The van der Waals surface area contributed by atoms with Crippen LogP contribution in [0.15, 0.2) is 0 Å². The number of hydrogen-bond donors (Lipinski definition) is 1. The molecule has 1 N–H and O–H groups in total. The zero-order chi connectivity index (χ0) is 12.4. The van der Waals surface area contributed by atoms with Gasteiger partial charge in [-0.15, -0.1) is 0 Å². The molecule has 2 nitrogen and oxygen atoms in total. The van der Waals surface area contributed by atoms with Crippen molar-refractivity contribution in [1.29, 1.82) is 0 Å². The van der Waals surface area contributed by atoms with Gasteiger partial charge in [0, 0.05) is 6.04 Å². The minimum Gasteiger partial charge on any atom is -0.367 e. The van der Waals surface area contributed by atoms with Crippen molar-refractivity contribution in [3.8, 4) is 0 Å². The van der Waals surface area contributed by atoms with Gasteiger partial charge < -0.3 is 10.1 Å². The number of rotatable bonds is 4. The van der Waals surface area contributed by atoms with Crippen molar-refractivity contribution in [2.45, 2.75) is 51.9 Å². The van der Waals surface area contributed by atoms with Crippen LogP contribution in [0.1, 0.15) is 33.6 Å². The number of likely N-dealkylation sites (N-methyl/N-ethyl adjacent to an activating group) is 1. The summed E-state index contributed by atoms with van der Waals surface area (Å²) in [5.74, 6) is 0. The molecule has 0 aliphatic heterocycles. The van der Waals surface area contributed by atoms with Crippen LogP contribution in [0.25, 0.3) is 0 Å². The molecule has 0 saturated heterocycles. The van der Waals surface area contributed by atoms with Gasteiger partial charge in [-0.3, -0.25) is 0 Å².